The monoisotopic (exact) mass is 256 g/mol. The minimum Gasteiger partial charge on any atom is -0.370 e. The third-order valence-corrected chi connectivity index (χ3v) is 2.90. The maximum Gasteiger partial charge on any atom is 0.241 e. The van der Waals surface area contributed by atoms with Gasteiger partial charge in [-0.1, -0.05) is 0 Å². The molecule has 1 saturated heterocycles. The number of primary amides is 1. The second-order valence-electron chi connectivity index (χ2n) is 4.37. The van der Waals surface area contributed by atoms with Crippen molar-refractivity contribution in [2.75, 3.05) is 20.1 Å². The Hall–Kier alpha value is -1.83. The molecule has 0 aromatic rings. The molecule has 8 nitrogen and oxygen atoms in total. The molecular formula is C10H20N6O2. The number of amides is 2. The topological polar surface area (TPSA) is 140 Å². The van der Waals surface area contributed by atoms with E-state index in [4.69, 9.17) is 17.2 Å². The number of carbonyl (C=O) groups is 2. The lowest BCUT2D eigenvalue weighted by Gasteiger charge is -2.35. The summed E-state index contributed by atoms with van der Waals surface area (Å²) >= 11 is 0. The van der Waals surface area contributed by atoms with Crippen LogP contribution in [0.3, 0.4) is 0 Å². The molecule has 18 heavy (non-hydrogen) atoms. The summed E-state index contributed by atoms with van der Waals surface area (Å²) in [5, 5.41) is 2.61. The summed E-state index contributed by atoms with van der Waals surface area (Å²) in [5.74, 6) is -0.656. The van der Waals surface area contributed by atoms with E-state index in [1.54, 1.807) is 7.05 Å². The summed E-state index contributed by atoms with van der Waals surface area (Å²) in [7, 11) is 1.79. The minimum atomic E-state index is -0.614. The molecule has 0 spiro atoms. The molecule has 2 amide bonds. The van der Waals surface area contributed by atoms with Crippen LogP contribution in [0.4, 0.5) is 0 Å². The number of likely N-dealkylation sites (N-methyl/N-ethyl adjacent to an activating group) is 1. The van der Waals surface area contributed by atoms with E-state index in [9.17, 15) is 9.59 Å². The lowest BCUT2D eigenvalue weighted by atomic mass is 10.0. The van der Waals surface area contributed by atoms with Crippen LogP contribution >= 0.6 is 0 Å². The molecule has 102 valence electrons. The number of aliphatic imine (C=N–C) groups is 1. The number of nitrogens with zero attached hydrogens (tertiary/aromatic N) is 2. The first-order valence-corrected chi connectivity index (χ1v) is 5.77. The van der Waals surface area contributed by atoms with E-state index in [0.717, 1.165) is 0 Å². The second-order valence-corrected chi connectivity index (χ2v) is 4.37. The predicted molar refractivity (Wildman–Crippen MR) is 67.5 cm³/mol. The molecule has 0 aromatic carbocycles. The number of rotatable bonds is 5. The largest absolute Gasteiger partial charge is 0.370 e. The highest BCUT2D eigenvalue weighted by Gasteiger charge is 2.33. The van der Waals surface area contributed by atoms with Crippen molar-refractivity contribution in [1.82, 2.24) is 10.2 Å². The molecule has 1 heterocycles. The standard InChI is InChI=1S/C10H20N6O2/c1-16-5-6(8(11)17)15-9(18)7(16)3-2-4-14-10(12)13/h6-7H,2-5H2,1H3,(H2,11,17)(H,15,18)(H4,12,13,14). The van der Waals surface area contributed by atoms with Gasteiger partial charge in [0.2, 0.25) is 11.8 Å². The molecule has 0 bridgehead atoms. The van der Waals surface area contributed by atoms with Crippen molar-refractivity contribution in [3.8, 4) is 0 Å². The van der Waals surface area contributed by atoms with Gasteiger partial charge in [0.15, 0.2) is 5.96 Å². The molecule has 0 aromatic heterocycles. The Kier molecular flexibility index (Phi) is 4.90. The average Bonchev–Trinajstić information content (AvgIpc) is 2.26. The highest BCUT2D eigenvalue weighted by molar-refractivity contribution is 5.90. The Balaban J connectivity index is 2.45. The highest BCUT2D eigenvalue weighted by Crippen LogP contribution is 2.11. The number of nitrogens with two attached hydrogens (primary N) is 3. The molecular weight excluding hydrogens is 236 g/mol. The fourth-order valence-electron chi connectivity index (χ4n) is 1.93. The summed E-state index contributed by atoms with van der Waals surface area (Å²) in [6.07, 6.45) is 1.33. The van der Waals surface area contributed by atoms with Crippen LogP contribution in [0.5, 0.6) is 0 Å². The van der Waals surface area contributed by atoms with Crippen molar-refractivity contribution in [2.45, 2.75) is 24.9 Å². The average molecular weight is 256 g/mol. The molecule has 0 saturated carbocycles. The van der Waals surface area contributed by atoms with E-state index in [2.05, 4.69) is 10.3 Å². The van der Waals surface area contributed by atoms with Crippen molar-refractivity contribution < 1.29 is 9.59 Å². The Bertz CT molecular complexity index is 352. The lowest BCUT2D eigenvalue weighted by Crippen LogP contribution is -2.62. The Morgan fingerprint density at radius 1 is 1.50 bits per heavy atom. The van der Waals surface area contributed by atoms with E-state index in [0.29, 0.717) is 25.9 Å². The van der Waals surface area contributed by atoms with E-state index in [1.807, 2.05) is 4.90 Å². The third kappa shape index (κ3) is 3.88. The summed E-state index contributed by atoms with van der Waals surface area (Å²) in [6.45, 7) is 0.910. The first kappa shape index (κ1) is 14.2. The smallest absolute Gasteiger partial charge is 0.241 e. The quantitative estimate of drug-likeness (QED) is 0.241. The number of nitrogens with one attached hydrogen (secondary N) is 1. The number of hydrogen-bond acceptors (Lipinski definition) is 4. The molecule has 1 rings (SSSR count). The van der Waals surface area contributed by atoms with Crippen LogP contribution in [0, 0.1) is 0 Å². The number of hydrogen-bond donors (Lipinski definition) is 4. The zero-order chi connectivity index (χ0) is 13.7. The van der Waals surface area contributed by atoms with Gasteiger partial charge in [-0.25, -0.2) is 0 Å². The summed E-state index contributed by atoms with van der Waals surface area (Å²) in [4.78, 5) is 28.5. The third-order valence-electron chi connectivity index (χ3n) is 2.90. The van der Waals surface area contributed by atoms with Gasteiger partial charge in [-0.15, -0.1) is 0 Å². The van der Waals surface area contributed by atoms with E-state index < -0.39 is 11.9 Å². The SMILES string of the molecule is CN1CC(C(N)=O)NC(=O)C1CCCN=C(N)N. The maximum absolute atomic E-state index is 11.8. The van der Waals surface area contributed by atoms with Crippen LogP contribution in [-0.2, 0) is 9.59 Å². The molecule has 1 aliphatic heterocycles. The van der Waals surface area contributed by atoms with Gasteiger partial charge in [0, 0.05) is 13.1 Å². The minimum absolute atomic E-state index is 0.0465. The zero-order valence-corrected chi connectivity index (χ0v) is 10.4. The molecule has 2 unspecified atom stereocenters. The maximum atomic E-state index is 11.8. The van der Waals surface area contributed by atoms with Gasteiger partial charge in [0.1, 0.15) is 6.04 Å². The fraction of sp³-hybridized carbons (Fsp3) is 0.700. The summed E-state index contributed by atoms with van der Waals surface area (Å²) in [5.41, 5.74) is 15.6. The Labute approximate surface area is 106 Å². The van der Waals surface area contributed by atoms with Gasteiger partial charge < -0.3 is 22.5 Å². The lowest BCUT2D eigenvalue weighted by molar-refractivity contribution is -0.135. The van der Waals surface area contributed by atoms with Crippen LogP contribution in [0.2, 0.25) is 0 Å². The van der Waals surface area contributed by atoms with Gasteiger partial charge in [0.25, 0.3) is 0 Å². The Morgan fingerprint density at radius 2 is 2.17 bits per heavy atom. The molecule has 0 radical (unpaired) electrons. The van der Waals surface area contributed by atoms with Crippen LogP contribution in [-0.4, -0.2) is 54.9 Å². The molecule has 2 atom stereocenters. The van der Waals surface area contributed by atoms with Crippen LogP contribution in [0.15, 0.2) is 4.99 Å². The van der Waals surface area contributed by atoms with Crippen molar-refractivity contribution >= 4 is 17.8 Å². The Morgan fingerprint density at radius 3 is 2.67 bits per heavy atom. The van der Waals surface area contributed by atoms with Crippen LogP contribution < -0.4 is 22.5 Å². The molecule has 7 N–H and O–H groups in total. The predicted octanol–water partition coefficient (Wildman–Crippen LogP) is -2.68. The van der Waals surface area contributed by atoms with Crippen LogP contribution in [0.1, 0.15) is 12.8 Å². The molecule has 0 aliphatic carbocycles. The van der Waals surface area contributed by atoms with Gasteiger partial charge in [-0.3, -0.25) is 19.5 Å². The van der Waals surface area contributed by atoms with E-state index in [1.165, 1.54) is 0 Å². The zero-order valence-electron chi connectivity index (χ0n) is 10.4. The van der Waals surface area contributed by atoms with Gasteiger partial charge in [-0.05, 0) is 19.9 Å². The number of carbonyl (C=O) groups excluding carboxylic acids is 2. The van der Waals surface area contributed by atoms with Gasteiger partial charge in [-0.2, -0.15) is 0 Å². The molecule has 1 fully saturated rings. The van der Waals surface area contributed by atoms with Crippen molar-refractivity contribution in [1.29, 1.82) is 0 Å². The molecule has 1 aliphatic rings. The second kappa shape index (κ2) is 6.20. The summed E-state index contributed by atoms with van der Waals surface area (Å²) < 4.78 is 0. The first-order valence-electron chi connectivity index (χ1n) is 5.77. The normalized spacial score (nSPS) is 24.4. The van der Waals surface area contributed by atoms with E-state index >= 15 is 0 Å². The van der Waals surface area contributed by atoms with Gasteiger partial charge in [0.05, 0.1) is 6.04 Å². The van der Waals surface area contributed by atoms with Crippen molar-refractivity contribution in [3.05, 3.63) is 0 Å². The first-order chi connectivity index (χ1) is 8.41. The van der Waals surface area contributed by atoms with Gasteiger partial charge >= 0.3 is 0 Å². The van der Waals surface area contributed by atoms with Crippen molar-refractivity contribution in [3.63, 3.8) is 0 Å². The fourth-order valence-corrected chi connectivity index (χ4v) is 1.93. The van der Waals surface area contributed by atoms with E-state index in [-0.39, 0.29) is 17.9 Å². The van der Waals surface area contributed by atoms with Crippen LogP contribution in [0.25, 0.3) is 0 Å². The number of piperazine rings is 1. The highest BCUT2D eigenvalue weighted by atomic mass is 16.2. The summed E-state index contributed by atoms with van der Waals surface area (Å²) in [6, 6.07) is -0.883. The number of guanidine groups is 1. The van der Waals surface area contributed by atoms with Crippen molar-refractivity contribution in [2.24, 2.45) is 22.2 Å². The molecule has 8 heteroatoms.